The van der Waals surface area contributed by atoms with Crippen LogP contribution in [0.25, 0.3) is 0 Å². The first-order valence-electron chi connectivity index (χ1n) is 8.27. The smallest absolute Gasteiger partial charge is 0.244 e. The Kier molecular flexibility index (Phi) is 3.59. The van der Waals surface area contributed by atoms with Gasteiger partial charge in [0, 0.05) is 6.04 Å². The molecule has 0 aromatic carbocycles. The Morgan fingerprint density at radius 1 is 1.26 bits per heavy atom. The summed E-state index contributed by atoms with van der Waals surface area (Å²) in [5.74, 6) is 1.21. The highest BCUT2D eigenvalue weighted by molar-refractivity contribution is 5.89. The normalized spacial score (nSPS) is 38.3. The Morgan fingerprint density at radius 3 is 2.63 bits per heavy atom. The molecule has 1 N–H and O–H groups in total. The molecule has 1 amide bonds. The van der Waals surface area contributed by atoms with Crippen LogP contribution in [0.3, 0.4) is 0 Å². The van der Waals surface area contributed by atoms with E-state index < -0.39 is 0 Å². The van der Waals surface area contributed by atoms with Crippen LogP contribution >= 0.6 is 0 Å². The molecule has 0 bridgehead atoms. The quantitative estimate of drug-likeness (QED) is 0.831. The van der Waals surface area contributed by atoms with Crippen molar-refractivity contribution in [1.29, 1.82) is 0 Å². The fourth-order valence-electron chi connectivity index (χ4n) is 4.55. The molecule has 2 saturated carbocycles. The van der Waals surface area contributed by atoms with Crippen LogP contribution in [0.1, 0.15) is 71.6 Å². The molecule has 0 radical (unpaired) electrons. The van der Waals surface area contributed by atoms with Crippen molar-refractivity contribution in [2.45, 2.75) is 89.4 Å². The lowest BCUT2D eigenvalue weighted by Crippen LogP contribution is -2.47. The fourth-order valence-corrected chi connectivity index (χ4v) is 4.55. The first kappa shape index (κ1) is 13.4. The monoisotopic (exact) mass is 264 g/mol. The van der Waals surface area contributed by atoms with Gasteiger partial charge in [0.1, 0.15) is 0 Å². The zero-order valence-corrected chi connectivity index (χ0v) is 12.5. The standard InChI is InChI=1S/C16H28N2O/c1-3-14-17-16(9-4-5-10-16)15(19)18(14)13-8-6-7-12(2)11-13/h12-14,17H,3-11H2,1-2H3. The number of rotatable bonds is 2. The molecule has 1 aliphatic heterocycles. The van der Waals surface area contributed by atoms with Gasteiger partial charge < -0.3 is 4.90 Å². The van der Waals surface area contributed by atoms with Crippen LogP contribution in [0.2, 0.25) is 0 Å². The number of nitrogens with zero attached hydrogens (tertiary/aromatic N) is 1. The molecule has 0 aromatic rings. The topological polar surface area (TPSA) is 32.3 Å². The highest BCUT2D eigenvalue weighted by Crippen LogP contribution is 2.40. The van der Waals surface area contributed by atoms with E-state index in [1.807, 2.05) is 0 Å². The molecule has 3 aliphatic rings. The molecule has 3 heteroatoms. The largest absolute Gasteiger partial charge is 0.323 e. The summed E-state index contributed by atoms with van der Waals surface area (Å²) < 4.78 is 0. The van der Waals surface area contributed by atoms with Crippen molar-refractivity contribution in [1.82, 2.24) is 10.2 Å². The molecule has 1 saturated heterocycles. The van der Waals surface area contributed by atoms with E-state index in [1.165, 1.54) is 38.5 Å². The molecular formula is C16H28N2O. The SMILES string of the molecule is CCC1NC2(CCCC2)C(=O)N1C1CCCC(C)C1. The summed E-state index contributed by atoms with van der Waals surface area (Å²) in [5.41, 5.74) is -0.179. The number of carbonyl (C=O) groups is 1. The third kappa shape index (κ3) is 2.20. The van der Waals surface area contributed by atoms with Crippen molar-refractivity contribution in [3.05, 3.63) is 0 Å². The molecule has 3 atom stereocenters. The van der Waals surface area contributed by atoms with E-state index in [-0.39, 0.29) is 5.54 Å². The van der Waals surface area contributed by atoms with Gasteiger partial charge in [0.05, 0.1) is 11.7 Å². The van der Waals surface area contributed by atoms with Crippen LogP contribution < -0.4 is 5.32 Å². The lowest BCUT2D eigenvalue weighted by atomic mass is 9.85. The van der Waals surface area contributed by atoms with Gasteiger partial charge in [0.25, 0.3) is 0 Å². The third-order valence-corrected chi connectivity index (χ3v) is 5.57. The first-order chi connectivity index (χ1) is 9.16. The van der Waals surface area contributed by atoms with E-state index in [0.29, 0.717) is 18.1 Å². The van der Waals surface area contributed by atoms with Crippen LogP contribution in [0.5, 0.6) is 0 Å². The second kappa shape index (κ2) is 5.08. The summed E-state index contributed by atoms with van der Waals surface area (Å²) in [6, 6.07) is 0.494. The van der Waals surface area contributed by atoms with E-state index in [2.05, 4.69) is 24.1 Å². The van der Waals surface area contributed by atoms with Crippen molar-refractivity contribution in [3.8, 4) is 0 Å². The lowest BCUT2D eigenvalue weighted by molar-refractivity contribution is -0.136. The molecule has 108 valence electrons. The van der Waals surface area contributed by atoms with E-state index in [0.717, 1.165) is 25.2 Å². The molecule has 3 unspecified atom stereocenters. The number of carbonyl (C=O) groups excluding carboxylic acids is 1. The number of nitrogens with one attached hydrogen (secondary N) is 1. The van der Waals surface area contributed by atoms with E-state index >= 15 is 0 Å². The molecule has 3 fully saturated rings. The number of amides is 1. The summed E-state index contributed by atoms with van der Waals surface area (Å²) in [4.78, 5) is 15.2. The highest BCUT2D eigenvalue weighted by atomic mass is 16.2. The van der Waals surface area contributed by atoms with Crippen LogP contribution in [0.15, 0.2) is 0 Å². The first-order valence-corrected chi connectivity index (χ1v) is 8.27. The van der Waals surface area contributed by atoms with Gasteiger partial charge in [-0.1, -0.05) is 39.5 Å². The van der Waals surface area contributed by atoms with E-state index in [9.17, 15) is 4.79 Å². The lowest BCUT2D eigenvalue weighted by Gasteiger charge is -2.37. The maximum Gasteiger partial charge on any atom is 0.244 e. The summed E-state index contributed by atoms with van der Waals surface area (Å²) in [7, 11) is 0. The average molecular weight is 264 g/mol. The van der Waals surface area contributed by atoms with Gasteiger partial charge in [-0.15, -0.1) is 0 Å². The van der Waals surface area contributed by atoms with Crippen molar-refractivity contribution in [2.75, 3.05) is 0 Å². The minimum atomic E-state index is -0.179. The summed E-state index contributed by atoms with van der Waals surface area (Å²) in [6.07, 6.45) is 10.9. The number of hydrogen-bond donors (Lipinski definition) is 1. The van der Waals surface area contributed by atoms with Gasteiger partial charge in [0.2, 0.25) is 5.91 Å². The molecule has 1 spiro atoms. The predicted octanol–water partition coefficient (Wildman–Crippen LogP) is 3.05. The Hall–Kier alpha value is -0.570. The second-order valence-electron chi connectivity index (χ2n) is 7.00. The molecule has 19 heavy (non-hydrogen) atoms. The van der Waals surface area contributed by atoms with Gasteiger partial charge in [-0.25, -0.2) is 0 Å². The average Bonchev–Trinajstić information content (AvgIpc) is 2.97. The Morgan fingerprint density at radius 2 is 2.00 bits per heavy atom. The van der Waals surface area contributed by atoms with Crippen molar-refractivity contribution < 1.29 is 4.79 Å². The molecule has 1 heterocycles. The van der Waals surface area contributed by atoms with Crippen LogP contribution in [-0.2, 0) is 4.79 Å². The molecular weight excluding hydrogens is 236 g/mol. The minimum Gasteiger partial charge on any atom is -0.323 e. The van der Waals surface area contributed by atoms with Crippen molar-refractivity contribution >= 4 is 5.91 Å². The van der Waals surface area contributed by atoms with Gasteiger partial charge in [-0.3, -0.25) is 10.1 Å². The molecule has 0 aromatic heterocycles. The molecule has 3 rings (SSSR count). The summed E-state index contributed by atoms with van der Waals surface area (Å²) in [6.45, 7) is 4.55. The summed E-state index contributed by atoms with van der Waals surface area (Å²) >= 11 is 0. The van der Waals surface area contributed by atoms with Gasteiger partial charge in [0.15, 0.2) is 0 Å². The molecule has 2 aliphatic carbocycles. The van der Waals surface area contributed by atoms with Crippen LogP contribution in [-0.4, -0.2) is 28.6 Å². The van der Waals surface area contributed by atoms with Gasteiger partial charge in [-0.05, 0) is 38.0 Å². The molecule has 3 nitrogen and oxygen atoms in total. The van der Waals surface area contributed by atoms with Crippen LogP contribution in [0, 0.1) is 5.92 Å². The highest BCUT2D eigenvalue weighted by Gasteiger charge is 2.53. The van der Waals surface area contributed by atoms with Crippen molar-refractivity contribution in [2.24, 2.45) is 5.92 Å². The summed E-state index contributed by atoms with van der Waals surface area (Å²) in [5, 5.41) is 3.70. The Labute approximate surface area is 117 Å². The number of hydrogen-bond acceptors (Lipinski definition) is 2. The maximum absolute atomic E-state index is 13.0. The van der Waals surface area contributed by atoms with E-state index in [4.69, 9.17) is 0 Å². The van der Waals surface area contributed by atoms with Crippen LogP contribution in [0.4, 0.5) is 0 Å². The zero-order chi connectivity index (χ0) is 13.5. The van der Waals surface area contributed by atoms with Crippen molar-refractivity contribution in [3.63, 3.8) is 0 Å². The minimum absolute atomic E-state index is 0.179. The predicted molar refractivity (Wildman–Crippen MR) is 76.7 cm³/mol. The fraction of sp³-hybridized carbons (Fsp3) is 0.938. The third-order valence-electron chi connectivity index (χ3n) is 5.57. The maximum atomic E-state index is 13.0. The van der Waals surface area contributed by atoms with Gasteiger partial charge in [-0.2, -0.15) is 0 Å². The van der Waals surface area contributed by atoms with E-state index in [1.54, 1.807) is 0 Å². The van der Waals surface area contributed by atoms with Gasteiger partial charge >= 0.3 is 0 Å². The second-order valence-corrected chi connectivity index (χ2v) is 7.00. The zero-order valence-electron chi connectivity index (χ0n) is 12.5. The Balaban J connectivity index is 1.80. The Bertz CT molecular complexity index is 349.